The van der Waals surface area contributed by atoms with Crippen molar-refractivity contribution < 1.29 is 9.21 Å². The minimum Gasteiger partial charge on any atom is -0.469 e. The second-order valence-corrected chi connectivity index (χ2v) is 4.67. The second-order valence-electron chi connectivity index (χ2n) is 4.11. The van der Waals surface area contributed by atoms with Crippen LogP contribution in [0.4, 0.5) is 0 Å². The molecule has 0 aromatic carbocycles. The number of aryl methyl sites for hydroxylation is 1. The van der Waals surface area contributed by atoms with Gasteiger partial charge in [-0.1, -0.05) is 29.8 Å². The zero-order valence-corrected chi connectivity index (χ0v) is 11.6. The van der Waals surface area contributed by atoms with E-state index in [0.29, 0.717) is 5.56 Å². The van der Waals surface area contributed by atoms with Crippen LogP contribution >= 0.6 is 15.9 Å². The lowest BCUT2D eigenvalue weighted by molar-refractivity contribution is 0.0911. The van der Waals surface area contributed by atoms with Gasteiger partial charge < -0.3 is 9.73 Å². The molecule has 1 atom stereocenters. The predicted molar refractivity (Wildman–Crippen MR) is 68.0 cm³/mol. The van der Waals surface area contributed by atoms with Gasteiger partial charge in [0.1, 0.15) is 5.76 Å². The molecule has 0 saturated heterocycles. The van der Waals surface area contributed by atoms with Crippen LogP contribution in [0.1, 0.15) is 43.3 Å². The average molecular weight is 288 g/mol. The monoisotopic (exact) mass is 287 g/mol. The molecule has 1 amide bonds. The van der Waals surface area contributed by atoms with Gasteiger partial charge in [0, 0.05) is 17.3 Å². The molecule has 0 bridgehead atoms. The molecule has 1 aromatic heterocycles. The van der Waals surface area contributed by atoms with Crippen LogP contribution in [0, 0.1) is 0 Å². The molecule has 0 aliphatic carbocycles. The molecule has 0 aliphatic heterocycles. The molecular weight excluding hydrogens is 270 g/mol. The molecular formula is C12H18BrNO2. The van der Waals surface area contributed by atoms with Crippen molar-refractivity contribution in [3.8, 4) is 0 Å². The number of amides is 1. The lowest BCUT2D eigenvalue weighted by Crippen LogP contribution is -2.47. The second kappa shape index (κ2) is 5.53. The maximum Gasteiger partial charge on any atom is 0.255 e. The van der Waals surface area contributed by atoms with E-state index in [1.807, 2.05) is 13.8 Å². The first kappa shape index (κ1) is 13.3. The molecule has 3 nitrogen and oxygen atoms in total. The van der Waals surface area contributed by atoms with Gasteiger partial charge >= 0.3 is 0 Å². The summed E-state index contributed by atoms with van der Waals surface area (Å²) in [5.74, 6) is 0.680. The summed E-state index contributed by atoms with van der Waals surface area (Å²) in [6.45, 7) is 6.04. The summed E-state index contributed by atoms with van der Waals surface area (Å²) in [5.41, 5.74) is 0.433. The summed E-state index contributed by atoms with van der Waals surface area (Å²) in [4.78, 5) is 12.0. The molecule has 1 N–H and O–H groups in total. The van der Waals surface area contributed by atoms with Gasteiger partial charge in [-0.05, 0) is 19.4 Å². The van der Waals surface area contributed by atoms with Crippen molar-refractivity contribution in [2.45, 2.75) is 39.2 Å². The molecule has 0 fully saturated rings. The Balaban J connectivity index is 2.80. The maximum atomic E-state index is 12.0. The van der Waals surface area contributed by atoms with Crippen LogP contribution in [0.25, 0.3) is 0 Å². The van der Waals surface area contributed by atoms with Gasteiger partial charge in [-0.15, -0.1) is 0 Å². The van der Waals surface area contributed by atoms with E-state index in [4.69, 9.17) is 4.42 Å². The van der Waals surface area contributed by atoms with Crippen molar-refractivity contribution in [3.05, 3.63) is 23.7 Å². The molecule has 0 aliphatic rings. The van der Waals surface area contributed by atoms with Gasteiger partial charge in [0.25, 0.3) is 5.91 Å². The molecule has 0 saturated carbocycles. The summed E-state index contributed by atoms with van der Waals surface area (Å²) < 4.78 is 5.24. The number of halogens is 1. The van der Waals surface area contributed by atoms with Crippen LogP contribution in [0.2, 0.25) is 0 Å². The third-order valence-electron chi connectivity index (χ3n) is 2.80. The number of hydrogen-bond acceptors (Lipinski definition) is 2. The van der Waals surface area contributed by atoms with Crippen LogP contribution in [-0.4, -0.2) is 16.8 Å². The maximum absolute atomic E-state index is 12.0. The molecule has 0 spiro atoms. The van der Waals surface area contributed by atoms with Crippen LogP contribution in [0.5, 0.6) is 0 Å². The third kappa shape index (κ3) is 2.88. The third-order valence-corrected chi connectivity index (χ3v) is 4.04. The zero-order chi connectivity index (χ0) is 12.2. The lowest BCUT2D eigenvalue weighted by atomic mass is 10.0. The minimum atomic E-state index is -0.209. The van der Waals surface area contributed by atoms with E-state index in [-0.39, 0.29) is 11.4 Å². The SMILES string of the molecule is CCc1occc1C(=O)NC(C)(CC)CBr. The number of nitrogens with one attached hydrogen (secondary N) is 1. The standard InChI is InChI=1S/C12H18BrNO2/c1-4-10-9(6-7-16-10)11(15)14-12(3,5-2)8-13/h6-7H,4-5,8H2,1-3H3,(H,14,15). The highest BCUT2D eigenvalue weighted by Gasteiger charge is 2.25. The van der Waals surface area contributed by atoms with Crippen LogP contribution in [-0.2, 0) is 6.42 Å². The number of alkyl halides is 1. The minimum absolute atomic E-state index is 0.0607. The van der Waals surface area contributed by atoms with Gasteiger partial charge in [-0.25, -0.2) is 0 Å². The summed E-state index contributed by atoms with van der Waals surface area (Å²) in [6.07, 6.45) is 3.17. The van der Waals surface area contributed by atoms with E-state index < -0.39 is 0 Å². The summed E-state index contributed by atoms with van der Waals surface area (Å²) >= 11 is 3.42. The molecule has 1 unspecified atom stereocenters. The molecule has 1 aromatic rings. The van der Waals surface area contributed by atoms with Gasteiger partial charge in [-0.3, -0.25) is 4.79 Å². The van der Waals surface area contributed by atoms with Crippen molar-refractivity contribution in [3.63, 3.8) is 0 Å². The smallest absolute Gasteiger partial charge is 0.255 e. The Morgan fingerprint density at radius 2 is 2.25 bits per heavy atom. The van der Waals surface area contributed by atoms with Gasteiger partial charge in [0.15, 0.2) is 0 Å². The molecule has 4 heteroatoms. The van der Waals surface area contributed by atoms with Gasteiger partial charge in [0.2, 0.25) is 0 Å². The van der Waals surface area contributed by atoms with Crippen LogP contribution < -0.4 is 5.32 Å². The normalized spacial score (nSPS) is 14.5. The summed E-state index contributed by atoms with van der Waals surface area (Å²) in [7, 11) is 0. The first-order valence-corrected chi connectivity index (χ1v) is 6.63. The largest absolute Gasteiger partial charge is 0.469 e. The number of carbonyl (C=O) groups excluding carboxylic acids is 1. The van der Waals surface area contributed by atoms with Crippen molar-refractivity contribution in [1.82, 2.24) is 5.32 Å². The van der Waals surface area contributed by atoms with Gasteiger partial charge in [-0.2, -0.15) is 0 Å². The van der Waals surface area contributed by atoms with E-state index in [2.05, 4.69) is 28.2 Å². The molecule has 90 valence electrons. The topological polar surface area (TPSA) is 42.2 Å². The molecule has 16 heavy (non-hydrogen) atoms. The van der Waals surface area contributed by atoms with E-state index in [9.17, 15) is 4.79 Å². The highest BCUT2D eigenvalue weighted by Crippen LogP contribution is 2.16. The first-order chi connectivity index (χ1) is 7.56. The van der Waals surface area contributed by atoms with Crippen molar-refractivity contribution >= 4 is 21.8 Å². The fraction of sp³-hybridized carbons (Fsp3) is 0.583. The average Bonchev–Trinajstić information content (AvgIpc) is 2.76. The Morgan fingerprint density at radius 1 is 1.56 bits per heavy atom. The number of rotatable bonds is 5. The molecule has 0 radical (unpaired) electrons. The van der Waals surface area contributed by atoms with E-state index in [1.54, 1.807) is 12.3 Å². The summed E-state index contributed by atoms with van der Waals surface area (Å²) in [5, 5.41) is 3.76. The van der Waals surface area contributed by atoms with Crippen molar-refractivity contribution in [2.75, 3.05) is 5.33 Å². The Labute approximate surface area is 105 Å². The fourth-order valence-electron chi connectivity index (χ4n) is 1.37. The number of hydrogen-bond donors (Lipinski definition) is 1. The predicted octanol–water partition coefficient (Wildman–Crippen LogP) is 3.14. The lowest BCUT2D eigenvalue weighted by Gasteiger charge is -2.27. The Bertz CT molecular complexity index is 356. The first-order valence-electron chi connectivity index (χ1n) is 5.51. The number of furan rings is 1. The van der Waals surface area contributed by atoms with Crippen molar-refractivity contribution in [2.24, 2.45) is 0 Å². The van der Waals surface area contributed by atoms with Crippen LogP contribution in [0.3, 0.4) is 0 Å². The van der Waals surface area contributed by atoms with E-state index in [0.717, 1.165) is 23.9 Å². The molecule has 1 rings (SSSR count). The van der Waals surface area contributed by atoms with E-state index >= 15 is 0 Å². The Hall–Kier alpha value is -0.770. The molecule has 1 heterocycles. The van der Waals surface area contributed by atoms with Gasteiger partial charge in [0.05, 0.1) is 11.8 Å². The number of carbonyl (C=O) groups is 1. The fourth-order valence-corrected chi connectivity index (χ4v) is 1.91. The summed E-state index contributed by atoms with van der Waals surface area (Å²) in [6, 6.07) is 1.72. The highest BCUT2D eigenvalue weighted by atomic mass is 79.9. The Morgan fingerprint density at radius 3 is 2.75 bits per heavy atom. The van der Waals surface area contributed by atoms with Crippen molar-refractivity contribution in [1.29, 1.82) is 0 Å². The zero-order valence-electron chi connectivity index (χ0n) is 9.97. The Kier molecular flexibility index (Phi) is 4.59. The quantitative estimate of drug-likeness (QED) is 0.846. The highest BCUT2D eigenvalue weighted by molar-refractivity contribution is 9.09. The van der Waals surface area contributed by atoms with Crippen LogP contribution in [0.15, 0.2) is 16.7 Å². The van der Waals surface area contributed by atoms with E-state index in [1.165, 1.54) is 0 Å².